The summed E-state index contributed by atoms with van der Waals surface area (Å²) in [7, 11) is 0. The summed E-state index contributed by atoms with van der Waals surface area (Å²) in [4.78, 5) is 11.0. The summed E-state index contributed by atoms with van der Waals surface area (Å²) in [6, 6.07) is 4.11. The van der Waals surface area contributed by atoms with Crippen LogP contribution in [0.3, 0.4) is 0 Å². The smallest absolute Gasteiger partial charge is 0.177 e. The number of aliphatic hydroxyl groups excluding tert-OH is 1. The number of benzene rings is 1. The maximum atomic E-state index is 14.9. The Morgan fingerprint density at radius 3 is 2.81 bits per heavy atom. The Hall–Kier alpha value is -3.08. The summed E-state index contributed by atoms with van der Waals surface area (Å²) >= 11 is 6.23. The van der Waals surface area contributed by atoms with Gasteiger partial charge >= 0.3 is 0 Å². The van der Waals surface area contributed by atoms with Crippen molar-refractivity contribution in [1.29, 1.82) is 0 Å². The number of H-pyrrole nitrogens is 1. The Bertz CT molecular complexity index is 1190. The monoisotopic (exact) mass is 446 g/mol. The Labute approximate surface area is 180 Å². The molecule has 0 unspecified atom stereocenters. The van der Waals surface area contributed by atoms with Crippen LogP contribution in [0.2, 0.25) is 5.15 Å². The molecule has 1 aromatic carbocycles. The third kappa shape index (κ3) is 3.42. The molecule has 2 aliphatic heterocycles. The van der Waals surface area contributed by atoms with Gasteiger partial charge in [-0.05, 0) is 12.1 Å². The molecule has 0 saturated carbocycles. The number of hydrogen-bond acceptors (Lipinski definition) is 7. The van der Waals surface area contributed by atoms with Crippen molar-refractivity contribution in [2.75, 3.05) is 36.5 Å². The zero-order valence-corrected chi connectivity index (χ0v) is 16.9. The third-order valence-corrected chi connectivity index (χ3v) is 5.51. The normalized spacial score (nSPS) is 15.6. The summed E-state index contributed by atoms with van der Waals surface area (Å²) in [6.07, 6.45) is 1.57. The van der Waals surface area contributed by atoms with Crippen molar-refractivity contribution >= 4 is 34.6 Å². The molecule has 0 spiro atoms. The number of morpholine rings is 1. The first-order chi connectivity index (χ1) is 15.1. The third-order valence-electron chi connectivity index (χ3n) is 5.25. The van der Waals surface area contributed by atoms with Crippen LogP contribution in [0.4, 0.5) is 26.0 Å². The molecule has 0 radical (unpaired) electrons. The lowest BCUT2D eigenvalue weighted by molar-refractivity contribution is 0.122. The van der Waals surface area contributed by atoms with Crippen LogP contribution in [0.15, 0.2) is 29.4 Å². The molecule has 31 heavy (non-hydrogen) atoms. The Morgan fingerprint density at radius 2 is 2.03 bits per heavy atom. The number of fused-ring (bicyclic) bond motifs is 3. The Kier molecular flexibility index (Phi) is 5.05. The van der Waals surface area contributed by atoms with Gasteiger partial charge in [0.05, 0.1) is 43.0 Å². The van der Waals surface area contributed by atoms with Gasteiger partial charge in [0.15, 0.2) is 5.15 Å². The largest absolute Gasteiger partial charge is 0.392 e. The first kappa shape index (κ1) is 19.9. The number of nitrogens with zero attached hydrogens (tertiary/aromatic N) is 4. The number of halogens is 3. The van der Waals surface area contributed by atoms with Gasteiger partial charge in [-0.1, -0.05) is 17.7 Å². The van der Waals surface area contributed by atoms with E-state index in [1.807, 2.05) is 6.07 Å². The number of aliphatic hydroxyl groups is 1. The predicted octanol–water partition coefficient (Wildman–Crippen LogP) is 3.24. The number of aromatic nitrogens is 3. The number of anilines is 2. The van der Waals surface area contributed by atoms with E-state index in [4.69, 9.17) is 16.3 Å². The highest BCUT2D eigenvalue weighted by Gasteiger charge is 2.27. The molecule has 0 bridgehead atoms. The average molecular weight is 447 g/mol. The lowest BCUT2D eigenvalue weighted by Crippen LogP contribution is -2.36. The first-order valence-electron chi connectivity index (χ1n) is 9.57. The molecule has 1 saturated heterocycles. The lowest BCUT2D eigenvalue weighted by Gasteiger charge is -2.28. The second kappa shape index (κ2) is 7.88. The number of nitrogens with one attached hydrogen (secondary N) is 2. The average Bonchev–Trinajstić information content (AvgIpc) is 3.06. The van der Waals surface area contributed by atoms with Crippen LogP contribution in [0.5, 0.6) is 0 Å². The second-order valence-electron chi connectivity index (χ2n) is 7.06. The SMILES string of the molecule is OCc1ccc(F)c(C2=Nc3c(Cl)n[nH]c3-c3cc(N4CCOCC4)ncc3N2)c1F. The van der Waals surface area contributed by atoms with E-state index in [9.17, 15) is 13.9 Å². The van der Waals surface area contributed by atoms with Crippen LogP contribution in [-0.2, 0) is 11.3 Å². The van der Waals surface area contributed by atoms with Crippen molar-refractivity contribution in [3.05, 3.63) is 52.3 Å². The zero-order valence-electron chi connectivity index (χ0n) is 16.1. The Morgan fingerprint density at radius 1 is 1.23 bits per heavy atom. The van der Waals surface area contributed by atoms with Gasteiger partial charge in [-0.15, -0.1) is 0 Å². The van der Waals surface area contributed by atoms with Crippen LogP contribution < -0.4 is 10.2 Å². The molecule has 0 aliphatic carbocycles. The maximum Gasteiger partial charge on any atom is 0.177 e. The topological polar surface area (TPSA) is 98.7 Å². The lowest BCUT2D eigenvalue weighted by atomic mass is 10.1. The van der Waals surface area contributed by atoms with Crippen molar-refractivity contribution in [3.63, 3.8) is 0 Å². The van der Waals surface area contributed by atoms with Crippen molar-refractivity contribution in [2.24, 2.45) is 4.99 Å². The number of aromatic amines is 1. The number of amidine groups is 1. The highest BCUT2D eigenvalue weighted by Crippen LogP contribution is 2.42. The standard InChI is InChI=1S/C20H17ClF2N6O2/c21-19-18-17(27-28-19)11-7-14(29-3-5-31-6-4-29)24-8-13(11)25-20(26-18)15-12(22)2-1-10(9-30)16(15)23/h1-2,7-8,30H,3-6,9H2,(H,25,26)(H,27,28). The van der Waals surface area contributed by atoms with E-state index in [1.165, 1.54) is 6.07 Å². The van der Waals surface area contributed by atoms with Crippen LogP contribution in [0.25, 0.3) is 11.3 Å². The van der Waals surface area contributed by atoms with Crippen LogP contribution in [-0.4, -0.2) is 52.4 Å². The zero-order chi connectivity index (χ0) is 21.5. The molecular formula is C20H17ClF2N6O2. The maximum absolute atomic E-state index is 14.9. The van der Waals surface area contributed by atoms with E-state index in [-0.39, 0.29) is 22.2 Å². The fourth-order valence-electron chi connectivity index (χ4n) is 3.64. The fraction of sp³-hybridized carbons (Fsp3) is 0.250. The number of aliphatic imine (C=N–C) groups is 1. The van der Waals surface area contributed by atoms with Gasteiger partial charge in [0.25, 0.3) is 0 Å². The Balaban J connectivity index is 1.66. The van der Waals surface area contributed by atoms with E-state index in [2.05, 4.69) is 30.4 Å². The molecular weight excluding hydrogens is 430 g/mol. The molecule has 8 nitrogen and oxygen atoms in total. The highest BCUT2D eigenvalue weighted by molar-refractivity contribution is 6.33. The summed E-state index contributed by atoms with van der Waals surface area (Å²) in [6.45, 7) is 2.02. The van der Waals surface area contributed by atoms with Gasteiger partial charge in [-0.2, -0.15) is 5.10 Å². The van der Waals surface area contributed by atoms with Crippen LogP contribution in [0.1, 0.15) is 11.1 Å². The van der Waals surface area contributed by atoms with Gasteiger partial charge in [0.2, 0.25) is 0 Å². The number of pyridine rings is 1. The predicted molar refractivity (Wildman–Crippen MR) is 112 cm³/mol. The minimum Gasteiger partial charge on any atom is -0.392 e. The van der Waals surface area contributed by atoms with E-state index >= 15 is 0 Å². The van der Waals surface area contributed by atoms with E-state index < -0.39 is 23.8 Å². The summed E-state index contributed by atoms with van der Waals surface area (Å²) in [5.41, 5.74) is 1.42. The molecule has 4 heterocycles. The van der Waals surface area contributed by atoms with E-state index in [0.717, 1.165) is 11.9 Å². The summed E-state index contributed by atoms with van der Waals surface area (Å²) in [5.74, 6) is -1.11. The molecule has 2 aliphatic rings. The quantitative estimate of drug-likeness (QED) is 0.571. The van der Waals surface area contributed by atoms with Crippen molar-refractivity contribution in [2.45, 2.75) is 6.61 Å². The van der Waals surface area contributed by atoms with Gasteiger partial charge in [-0.25, -0.2) is 18.8 Å². The van der Waals surface area contributed by atoms with Crippen LogP contribution in [0, 0.1) is 11.6 Å². The molecule has 1 fully saturated rings. The minimum absolute atomic E-state index is 0.0512. The minimum atomic E-state index is -0.906. The molecule has 3 N–H and O–H groups in total. The van der Waals surface area contributed by atoms with Crippen molar-refractivity contribution in [3.8, 4) is 11.3 Å². The van der Waals surface area contributed by atoms with Crippen LogP contribution >= 0.6 is 11.6 Å². The van der Waals surface area contributed by atoms with Gasteiger partial charge in [-0.3, -0.25) is 5.10 Å². The highest BCUT2D eigenvalue weighted by atomic mass is 35.5. The number of ether oxygens (including phenoxy) is 1. The molecule has 160 valence electrons. The van der Waals surface area contributed by atoms with Gasteiger partial charge in [0, 0.05) is 24.2 Å². The summed E-state index contributed by atoms with van der Waals surface area (Å²) in [5, 5.41) is 19.3. The molecule has 5 rings (SSSR count). The van der Waals surface area contributed by atoms with E-state index in [1.54, 1.807) is 6.20 Å². The van der Waals surface area contributed by atoms with Crippen molar-refractivity contribution < 1.29 is 18.6 Å². The second-order valence-corrected chi connectivity index (χ2v) is 7.42. The molecule has 3 aromatic rings. The molecule has 11 heteroatoms. The fourth-order valence-corrected chi connectivity index (χ4v) is 3.82. The molecule has 0 atom stereocenters. The molecule has 2 aromatic heterocycles. The van der Waals surface area contributed by atoms with E-state index in [0.29, 0.717) is 43.2 Å². The van der Waals surface area contributed by atoms with Gasteiger partial charge in [0.1, 0.15) is 29.0 Å². The van der Waals surface area contributed by atoms with Gasteiger partial charge < -0.3 is 20.1 Å². The number of rotatable bonds is 3. The first-order valence-corrected chi connectivity index (χ1v) is 9.95. The number of hydrogen-bond donors (Lipinski definition) is 3. The summed E-state index contributed by atoms with van der Waals surface area (Å²) < 4.78 is 35.0. The van der Waals surface area contributed by atoms with Crippen molar-refractivity contribution in [1.82, 2.24) is 15.2 Å². The molecule has 0 amide bonds.